The Labute approximate surface area is 159 Å². The van der Waals surface area contributed by atoms with Gasteiger partial charge in [0.2, 0.25) is 11.8 Å². The number of aldehydes is 1. The van der Waals surface area contributed by atoms with Crippen molar-refractivity contribution in [3.05, 3.63) is 35.9 Å². The number of nitrogens with one attached hydrogen (secondary N) is 2. The third-order valence-corrected chi connectivity index (χ3v) is 3.90. The van der Waals surface area contributed by atoms with Gasteiger partial charge < -0.3 is 26.9 Å². The van der Waals surface area contributed by atoms with E-state index < -0.39 is 18.0 Å². The number of guanidine groups is 1. The van der Waals surface area contributed by atoms with Gasteiger partial charge in [0.15, 0.2) is 5.96 Å². The van der Waals surface area contributed by atoms with Crippen LogP contribution in [0.25, 0.3) is 0 Å². The first-order valence-corrected chi connectivity index (χ1v) is 8.98. The van der Waals surface area contributed by atoms with Crippen molar-refractivity contribution in [3.63, 3.8) is 0 Å². The Morgan fingerprint density at radius 1 is 1.11 bits per heavy atom. The fraction of sp³-hybridized carbons (Fsp3) is 0.474. The van der Waals surface area contributed by atoms with Crippen LogP contribution in [0.15, 0.2) is 35.3 Å². The third kappa shape index (κ3) is 8.84. The van der Waals surface area contributed by atoms with Crippen LogP contribution in [0.2, 0.25) is 0 Å². The molecule has 0 fully saturated rings. The van der Waals surface area contributed by atoms with Gasteiger partial charge in [0.1, 0.15) is 12.3 Å². The Kier molecular flexibility index (Phi) is 9.57. The Morgan fingerprint density at radius 3 is 2.33 bits per heavy atom. The third-order valence-electron chi connectivity index (χ3n) is 3.90. The molecule has 0 saturated carbocycles. The molecule has 0 aliphatic heterocycles. The number of carbonyl (C=O) groups excluding carboxylic acids is 3. The molecule has 0 aliphatic rings. The number of nitrogens with zero attached hydrogens (tertiary/aromatic N) is 1. The molecule has 27 heavy (non-hydrogen) atoms. The Bertz CT molecular complexity index is 642. The molecule has 0 bridgehead atoms. The number of aliphatic imine (C=N–C) groups is 1. The lowest BCUT2D eigenvalue weighted by Crippen LogP contribution is -2.51. The summed E-state index contributed by atoms with van der Waals surface area (Å²) in [4.78, 5) is 39.9. The highest BCUT2D eigenvalue weighted by atomic mass is 16.2. The van der Waals surface area contributed by atoms with E-state index >= 15 is 0 Å². The van der Waals surface area contributed by atoms with E-state index in [0.29, 0.717) is 32.1 Å². The molecule has 8 heteroatoms. The number of nitrogens with two attached hydrogens (primary N) is 2. The smallest absolute Gasteiger partial charge is 0.243 e. The Balaban J connectivity index is 2.73. The SMILES string of the molecule is CC(C)C(=O)N[C@@H](Cc1ccccc1)C(=O)N[C@H](C=O)CCCN=C(N)N. The molecule has 8 nitrogen and oxygen atoms in total. The maximum Gasteiger partial charge on any atom is 0.243 e. The highest BCUT2D eigenvalue weighted by Crippen LogP contribution is 2.06. The summed E-state index contributed by atoms with van der Waals surface area (Å²) < 4.78 is 0. The van der Waals surface area contributed by atoms with Crippen LogP contribution in [0.5, 0.6) is 0 Å². The van der Waals surface area contributed by atoms with Crippen LogP contribution >= 0.6 is 0 Å². The van der Waals surface area contributed by atoms with Crippen LogP contribution < -0.4 is 22.1 Å². The largest absolute Gasteiger partial charge is 0.370 e. The summed E-state index contributed by atoms with van der Waals surface area (Å²) in [6, 6.07) is 7.95. The van der Waals surface area contributed by atoms with Gasteiger partial charge in [-0.2, -0.15) is 0 Å². The molecule has 0 radical (unpaired) electrons. The lowest BCUT2D eigenvalue weighted by Gasteiger charge is -2.22. The van der Waals surface area contributed by atoms with Crippen LogP contribution in [-0.4, -0.2) is 42.7 Å². The zero-order chi connectivity index (χ0) is 20.2. The molecule has 0 saturated heterocycles. The molecule has 1 aromatic carbocycles. The van der Waals surface area contributed by atoms with Crippen molar-refractivity contribution in [2.75, 3.05) is 6.54 Å². The van der Waals surface area contributed by atoms with E-state index in [2.05, 4.69) is 15.6 Å². The molecule has 0 aliphatic carbocycles. The summed E-state index contributed by atoms with van der Waals surface area (Å²) in [5.41, 5.74) is 11.4. The maximum atomic E-state index is 12.7. The van der Waals surface area contributed by atoms with Gasteiger partial charge in [0.25, 0.3) is 0 Å². The van der Waals surface area contributed by atoms with E-state index in [1.807, 2.05) is 30.3 Å². The van der Waals surface area contributed by atoms with Gasteiger partial charge in [0, 0.05) is 18.9 Å². The molecule has 2 atom stereocenters. The van der Waals surface area contributed by atoms with Crippen molar-refractivity contribution in [3.8, 4) is 0 Å². The molecule has 148 valence electrons. The van der Waals surface area contributed by atoms with Crippen molar-refractivity contribution in [2.24, 2.45) is 22.4 Å². The van der Waals surface area contributed by atoms with Crippen LogP contribution in [0.4, 0.5) is 0 Å². The second-order valence-corrected chi connectivity index (χ2v) is 6.61. The first-order valence-electron chi connectivity index (χ1n) is 8.98. The van der Waals surface area contributed by atoms with Crippen molar-refractivity contribution >= 4 is 24.1 Å². The zero-order valence-corrected chi connectivity index (χ0v) is 15.9. The van der Waals surface area contributed by atoms with E-state index in [4.69, 9.17) is 11.5 Å². The molecule has 0 spiro atoms. The first-order chi connectivity index (χ1) is 12.8. The van der Waals surface area contributed by atoms with Crippen molar-refractivity contribution < 1.29 is 14.4 Å². The van der Waals surface area contributed by atoms with Gasteiger partial charge in [-0.15, -0.1) is 0 Å². The summed E-state index contributed by atoms with van der Waals surface area (Å²) in [6.07, 6.45) is 1.97. The number of hydrogen-bond donors (Lipinski definition) is 4. The van der Waals surface area contributed by atoms with Gasteiger partial charge in [-0.1, -0.05) is 44.2 Å². The van der Waals surface area contributed by atoms with Gasteiger partial charge in [-0.25, -0.2) is 0 Å². The second-order valence-electron chi connectivity index (χ2n) is 6.61. The second kappa shape index (κ2) is 11.7. The van der Waals surface area contributed by atoms with Gasteiger partial charge in [-0.05, 0) is 18.4 Å². The molecule has 1 rings (SSSR count). The number of hydrogen-bond acceptors (Lipinski definition) is 4. The van der Waals surface area contributed by atoms with Gasteiger partial charge in [0.05, 0.1) is 6.04 Å². The predicted octanol–water partition coefficient (Wildman–Crippen LogP) is 0.107. The van der Waals surface area contributed by atoms with Gasteiger partial charge in [-0.3, -0.25) is 14.6 Å². The molecular formula is C19H29N5O3. The fourth-order valence-corrected chi connectivity index (χ4v) is 2.37. The Morgan fingerprint density at radius 2 is 1.78 bits per heavy atom. The highest BCUT2D eigenvalue weighted by Gasteiger charge is 2.24. The average molecular weight is 375 g/mol. The minimum atomic E-state index is -0.762. The van der Waals surface area contributed by atoms with Crippen LogP contribution in [0.3, 0.4) is 0 Å². The molecule has 1 aromatic rings. The predicted molar refractivity (Wildman–Crippen MR) is 105 cm³/mol. The summed E-state index contributed by atoms with van der Waals surface area (Å²) in [6.45, 7) is 3.88. The quantitative estimate of drug-likeness (QED) is 0.188. The van der Waals surface area contributed by atoms with E-state index in [9.17, 15) is 14.4 Å². The number of rotatable bonds is 11. The summed E-state index contributed by atoms with van der Waals surface area (Å²) in [7, 11) is 0. The van der Waals surface area contributed by atoms with Gasteiger partial charge >= 0.3 is 0 Å². The fourth-order valence-electron chi connectivity index (χ4n) is 2.37. The number of amides is 2. The topological polar surface area (TPSA) is 140 Å². The minimum Gasteiger partial charge on any atom is -0.370 e. The molecule has 0 unspecified atom stereocenters. The van der Waals surface area contributed by atoms with Crippen LogP contribution in [0.1, 0.15) is 32.3 Å². The summed E-state index contributed by atoms with van der Waals surface area (Å²) >= 11 is 0. The van der Waals surface area contributed by atoms with E-state index in [0.717, 1.165) is 5.56 Å². The monoisotopic (exact) mass is 375 g/mol. The number of benzene rings is 1. The van der Waals surface area contributed by atoms with E-state index in [-0.39, 0.29) is 17.8 Å². The molecule has 0 aromatic heterocycles. The normalized spacial score (nSPS) is 12.7. The lowest BCUT2D eigenvalue weighted by molar-refractivity contribution is -0.131. The summed E-state index contributed by atoms with van der Waals surface area (Å²) in [5.74, 6) is -0.883. The Hall–Kier alpha value is -2.90. The minimum absolute atomic E-state index is 0.0130. The van der Waals surface area contributed by atoms with E-state index in [1.54, 1.807) is 13.8 Å². The zero-order valence-electron chi connectivity index (χ0n) is 15.9. The number of carbonyl (C=O) groups is 3. The highest BCUT2D eigenvalue weighted by molar-refractivity contribution is 5.89. The molecule has 0 heterocycles. The van der Waals surface area contributed by atoms with E-state index in [1.165, 1.54) is 0 Å². The molecule has 6 N–H and O–H groups in total. The summed E-state index contributed by atoms with van der Waals surface area (Å²) in [5, 5.41) is 5.44. The maximum absolute atomic E-state index is 12.7. The molecular weight excluding hydrogens is 346 g/mol. The standard InChI is InChI=1S/C19H29N5O3/c1-13(2)17(26)24-16(11-14-7-4-3-5-8-14)18(27)23-15(12-25)9-6-10-22-19(20)21/h3-5,7-8,12-13,15-16H,6,9-11H2,1-2H3,(H,23,27)(H,24,26)(H4,20,21,22)/t15-,16-/m0/s1. The van der Waals surface area contributed by atoms with Crippen LogP contribution in [0, 0.1) is 5.92 Å². The van der Waals surface area contributed by atoms with Crippen LogP contribution in [-0.2, 0) is 20.8 Å². The lowest BCUT2D eigenvalue weighted by atomic mass is 10.0. The van der Waals surface area contributed by atoms with Crippen molar-refractivity contribution in [1.82, 2.24) is 10.6 Å². The van der Waals surface area contributed by atoms with Crippen molar-refractivity contribution in [1.29, 1.82) is 0 Å². The van der Waals surface area contributed by atoms with Crippen molar-refractivity contribution in [2.45, 2.75) is 45.2 Å². The molecule has 2 amide bonds. The first kappa shape index (κ1) is 22.1. The average Bonchev–Trinajstić information content (AvgIpc) is 2.63.